The molecule has 0 spiro atoms. The fraction of sp³-hybridized carbons (Fsp3) is 0.769. The van der Waals surface area contributed by atoms with E-state index in [1.165, 1.54) is 8.99 Å². The first-order valence-electron chi connectivity index (χ1n) is 7.13. The van der Waals surface area contributed by atoms with E-state index in [0.717, 1.165) is 6.54 Å². The van der Waals surface area contributed by atoms with Crippen LogP contribution in [0.1, 0.15) is 5.69 Å². The molecule has 126 valence electrons. The molecule has 1 saturated heterocycles. The van der Waals surface area contributed by atoms with Crippen molar-refractivity contribution in [2.24, 2.45) is 18.9 Å². The SMILES string of the molecule is Cc1nn(C)c(Cl)c1S(=O)(=O)N1C[C@@H](CN(C)C)[C@@H](CO)C1. The molecule has 1 aliphatic heterocycles. The molecule has 1 aliphatic rings. The summed E-state index contributed by atoms with van der Waals surface area (Å²) in [7, 11) is 1.79. The maximum Gasteiger partial charge on any atom is 0.248 e. The standard InChI is InChI=1S/C13H23ClN4O3S/c1-9-12(13(14)17(4)15-9)22(20,21)18-6-10(5-16(2)3)11(7-18)8-19/h10-11,19H,5-8H2,1-4H3/t10-,11-/m1/s1. The lowest BCUT2D eigenvalue weighted by Crippen LogP contribution is -2.31. The Kier molecular flexibility index (Phi) is 5.18. The minimum atomic E-state index is -3.70. The van der Waals surface area contributed by atoms with Gasteiger partial charge in [-0.3, -0.25) is 4.68 Å². The van der Waals surface area contributed by atoms with Crippen LogP contribution in [0.2, 0.25) is 5.15 Å². The van der Waals surface area contributed by atoms with E-state index in [2.05, 4.69) is 5.10 Å². The second-order valence-corrected chi connectivity index (χ2v) is 8.35. The number of aliphatic hydroxyl groups excluding tert-OH is 1. The van der Waals surface area contributed by atoms with E-state index in [-0.39, 0.29) is 28.5 Å². The van der Waals surface area contributed by atoms with Crippen LogP contribution in [0.4, 0.5) is 0 Å². The van der Waals surface area contributed by atoms with Gasteiger partial charge in [0.2, 0.25) is 10.0 Å². The minimum Gasteiger partial charge on any atom is -0.396 e. The molecule has 2 atom stereocenters. The van der Waals surface area contributed by atoms with E-state index in [0.29, 0.717) is 18.8 Å². The highest BCUT2D eigenvalue weighted by atomic mass is 35.5. The highest BCUT2D eigenvalue weighted by Crippen LogP contribution is 2.33. The van der Waals surface area contributed by atoms with Crippen LogP contribution in [0.3, 0.4) is 0 Å². The summed E-state index contributed by atoms with van der Waals surface area (Å²) < 4.78 is 28.5. The van der Waals surface area contributed by atoms with Crippen LogP contribution in [-0.4, -0.2) is 72.8 Å². The van der Waals surface area contributed by atoms with Gasteiger partial charge in [-0.15, -0.1) is 0 Å². The van der Waals surface area contributed by atoms with E-state index < -0.39 is 10.0 Å². The van der Waals surface area contributed by atoms with Gasteiger partial charge in [0.15, 0.2) is 0 Å². The monoisotopic (exact) mass is 350 g/mol. The van der Waals surface area contributed by atoms with Crippen LogP contribution in [0.15, 0.2) is 4.90 Å². The Hall–Kier alpha value is -0.670. The van der Waals surface area contributed by atoms with Crippen LogP contribution in [-0.2, 0) is 17.1 Å². The number of nitrogens with zero attached hydrogens (tertiary/aromatic N) is 4. The predicted octanol–water partition coefficient (Wildman–Crippen LogP) is 0.173. The zero-order valence-corrected chi connectivity index (χ0v) is 14.9. The van der Waals surface area contributed by atoms with E-state index in [9.17, 15) is 13.5 Å². The molecule has 0 aliphatic carbocycles. The molecule has 0 radical (unpaired) electrons. The number of hydrogen-bond donors (Lipinski definition) is 1. The molecule has 2 rings (SSSR count). The fourth-order valence-electron chi connectivity index (χ4n) is 3.01. The quantitative estimate of drug-likeness (QED) is 0.819. The number of aromatic nitrogens is 2. The van der Waals surface area contributed by atoms with Gasteiger partial charge in [-0.2, -0.15) is 9.40 Å². The van der Waals surface area contributed by atoms with E-state index in [1.54, 1.807) is 14.0 Å². The van der Waals surface area contributed by atoms with Crippen LogP contribution < -0.4 is 0 Å². The summed E-state index contributed by atoms with van der Waals surface area (Å²) in [6, 6.07) is 0. The molecule has 22 heavy (non-hydrogen) atoms. The van der Waals surface area contributed by atoms with Crippen molar-refractivity contribution in [3.63, 3.8) is 0 Å². The lowest BCUT2D eigenvalue weighted by molar-refractivity contribution is 0.185. The third kappa shape index (κ3) is 3.16. The summed E-state index contributed by atoms with van der Waals surface area (Å²) in [5.41, 5.74) is 0.393. The second kappa shape index (κ2) is 6.45. The average molecular weight is 351 g/mol. The van der Waals surface area contributed by atoms with Gasteiger partial charge in [0.1, 0.15) is 10.0 Å². The zero-order chi connectivity index (χ0) is 16.7. The summed E-state index contributed by atoms with van der Waals surface area (Å²) in [4.78, 5) is 2.07. The van der Waals surface area contributed by atoms with Gasteiger partial charge in [-0.25, -0.2) is 8.42 Å². The van der Waals surface area contributed by atoms with E-state index >= 15 is 0 Å². The maximum atomic E-state index is 12.9. The molecule has 2 heterocycles. The van der Waals surface area contributed by atoms with Crippen molar-refractivity contribution in [3.05, 3.63) is 10.8 Å². The van der Waals surface area contributed by atoms with Crippen molar-refractivity contribution in [2.45, 2.75) is 11.8 Å². The van der Waals surface area contributed by atoms with Gasteiger partial charge in [0.25, 0.3) is 0 Å². The Morgan fingerprint density at radius 1 is 1.36 bits per heavy atom. The summed E-state index contributed by atoms with van der Waals surface area (Å²) in [6.07, 6.45) is 0. The topological polar surface area (TPSA) is 78.7 Å². The Morgan fingerprint density at radius 3 is 2.41 bits per heavy atom. The van der Waals surface area contributed by atoms with Crippen LogP contribution in [0.5, 0.6) is 0 Å². The molecule has 1 aromatic heterocycles. The van der Waals surface area contributed by atoms with Crippen molar-refractivity contribution in [1.82, 2.24) is 19.0 Å². The smallest absolute Gasteiger partial charge is 0.248 e. The average Bonchev–Trinajstić information content (AvgIpc) is 2.91. The molecule has 1 fully saturated rings. The number of hydrogen-bond acceptors (Lipinski definition) is 5. The molecule has 0 amide bonds. The zero-order valence-electron chi connectivity index (χ0n) is 13.3. The Labute approximate surface area is 136 Å². The summed E-state index contributed by atoms with van der Waals surface area (Å²) in [6.45, 7) is 3.04. The summed E-state index contributed by atoms with van der Waals surface area (Å²) in [5, 5.41) is 13.7. The van der Waals surface area contributed by atoms with Gasteiger partial charge in [-0.1, -0.05) is 11.6 Å². The van der Waals surface area contributed by atoms with Gasteiger partial charge in [0.05, 0.1) is 5.69 Å². The molecule has 0 bridgehead atoms. The molecule has 7 nitrogen and oxygen atoms in total. The first-order chi connectivity index (χ1) is 10.2. The predicted molar refractivity (Wildman–Crippen MR) is 84.3 cm³/mol. The number of aliphatic hydroxyl groups is 1. The lowest BCUT2D eigenvalue weighted by Gasteiger charge is -2.20. The van der Waals surface area contributed by atoms with Crippen LogP contribution >= 0.6 is 11.6 Å². The molecule has 0 unspecified atom stereocenters. The molecular formula is C13H23ClN4O3S. The fourth-order valence-corrected chi connectivity index (χ4v) is 5.27. The van der Waals surface area contributed by atoms with E-state index in [4.69, 9.17) is 11.6 Å². The normalized spacial score (nSPS) is 23.6. The third-order valence-electron chi connectivity index (χ3n) is 4.08. The third-order valence-corrected chi connectivity index (χ3v) is 6.60. The minimum absolute atomic E-state index is 0.0235. The van der Waals surface area contributed by atoms with Crippen molar-refractivity contribution < 1.29 is 13.5 Å². The number of halogens is 1. The van der Waals surface area contributed by atoms with Crippen molar-refractivity contribution in [3.8, 4) is 0 Å². The van der Waals surface area contributed by atoms with Crippen LogP contribution in [0, 0.1) is 18.8 Å². The lowest BCUT2D eigenvalue weighted by atomic mass is 9.97. The highest BCUT2D eigenvalue weighted by molar-refractivity contribution is 7.89. The Morgan fingerprint density at radius 2 is 1.95 bits per heavy atom. The second-order valence-electron chi connectivity index (χ2n) is 6.12. The molecular weight excluding hydrogens is 328 g/mol. The number of rotatable bonds is 5. The summed E-state index contributed by atoms with van der Waals surface area (Å²) >= 11 is 6.10. The van der Waals surface area contributed by atoms with Crippen molar-refractivity contribution in [2.75, 3.05) is 40.3 Å². The highest BCUT2D eigenvalue weighted by Gasteiger charge is 2.41. The first-order valence-corrected chi connectivity index (χ1v) is 8.95. The van der Waals surface area contributed by atoms with Gasteiger partial charge < -0.3 is 10.0 Å². The molecule has 9 heteroatoms. The number of sulfonamides is 1. The van der Waals surface area contributed by atoms with Crippen molar-refractivity contribution in [1.29, 1.82) is 0 Å². The van der Waals surface area contributed by atoms with Crippen molar-refractivity contribution >= 4 is 21.6 Å². The molecule has 0 aromatic carbocycles. The van der Waals surface area contributed by atoms with Gasteiger partial charge in [0, 0.05) is 39.2 Å². The molecule has 1 N–H and O–H groups in total. The first kappa shape index (κ1) is 17.7. The Bertz CT molecular complexity index is 644. The molecule has 1 aromatic rings. The van der Waals surface area contributed by atoms with Gasteiger partial charge >= 0.3 is 0 Å². The van der Waals surface area contributed by atoms with Gasteiger partial charge in [-0.05, 0) is 26.9 Å². The molecule has 0 saturated carbocycles. The largest absolute Gasteiger partial charge is 0.396 e. The van der Waals surface area contributed by atoms with E-state index in [1.807, 2.05) is 19.0 Å². The summed E-state index contributed by atoms with van der Waals surface area (Å²) in [5.74, 6) is 0.0402. The maximum absolute atomic E-state index is 12.9. The number of aryl methyl sites for hydroxylation is 2. The van der Waals surface area contributed by atoms with Crippen LogP contribution in [0.25, 0.3) is 0 Å². The Balaban J connectivity index is 2.31.